The average molecular weight is 504 g/mol. The second-order valence-electron chi connectivity index (χ2n) is 9.59. The summed E-state index contributed by atoms with van der Waals surface area (Å²) < 4.78 is 7.53. The fraction of sp³-hybridized carbons (Fsp3) is 0. The number of nitrogens with zero attached hydrogens (tertiary/aromatic N) is 1. The first-order valence-corrected chi connectivity index (χ1v) is 13.5. The van der Waals surface area contributed by atoms with Crippen LogP contribution in [-0.4, -0.2) is 4.98 Å². The van der Waals surface area contributed by atoms with Crippen LogP contribution in [-0.2, 0) is 0 Å². The highest BCUT2D eigenvalue weighted by molar-refractivity contribution is 7.21. The SMILES string of the molecule is c1ccc(-c2nc3c(ccc4ccc(-c5cccc(-c6cccc7c6oc6ccccc67)c5)cc43)s2)cc1. The number of furan rings is 1. The second-order valence-corrected chi connectivity index (χ2v) is 10.6. The van der Waals surface area contributed by atoms with Crippen molar-refractivity contribution in [1.29, 1.82) is 0 Å². The van der Waals surface area contributed by atoms with Gasteiger partial charge in [-0.05, 0) is 46.3 Å². The van der Waals surface area contributed by atoms with Gasteiger partial charge in [0.25, 0.3) is 0 Å². The van der Waals surface area contributed by atoms with E-state index in [0.717, 1.165) is 49.2 Å². The number of hydrogen-bond donors (Lipinski definition) is 0. The van der Waals surface area contributed by atoms with E-state index in [0.29, 0.717) is 0 Å². The Morgan fingerprint density at radius 1 is 0.526 bits per heavy atom. The van der Waals surface area contributed by atoms with Gasteiger partial charge >= 0.3 is 0 Å². The van der Waals surface area contributed by atoms with Gasteiger partial charge in [0.1, 0.15) is 16.2 Å². The minimum atomic E-state index is 0.919. The Kier molecular flexibility index (Phi) is 4.73. The Morgan fingerprint density at radius 2 is 1.26 bits per heavy atom. The molecular weight excluding hydrogens is 482 g/mol. The Hall–Kier alpha value is -4.73. The maximum absolute atomic E-state index is 6.32. The molecule has 2 aromatic heterocycles. The van der Waals surface area contributed by atoms with Gasteiger partial charge < -0.3 is 4.42 Å². The molecule has 0 aliphatic heterocycles. The standard InChI is InChI=1S/C35H21NOS/c1-2-8-23(9-3-1)35-36-33-30-21-25(17-16-22(30)18-19-32(33)38-35)24-10-6-11-26(20-24)27-13-7-14-29-28-12-4-5-15-31(28)37-34(27)29/h1-21H. The first-order chi connectivity index (χ1) is 18.8. The van der Waals surface area contributed by atoms with Gasteiger partial charge in [0.15, 0.2) is 0 Å². The van der Waals surface area contributed by atoms with E-state index in [-0.39, 0.29) is 0 Å². The third-order valence-corrected chi connectivity index (χ3v) is 8.38. The lowest BCUT2D eigenvalue weighted by molar-refractivity contribution is 0.670. The van der Waals surface area contributed by atoms with Crippen molar-refractivity contribution in [1.82, 2.24) is 4.98 Å². The molecule has 2 heterocycles. The fourth-order valence-electron chi connectivity index (χ4n) is 5.43. The van der Waals surface area contributed by atoms with Crippen LogP contribution in [0, 0.1) is 0 Å². The lowest BCUT2D eigenvalue weighted by atomic mass is 9.96. The van der Waals surface area contributed by atoms with Crippen LogP contribution in [0.5, 0.6) is 0 Å². The zero-order valence-corrected chi connectivity index (χ0v) is 21.2. The molecule has 0 N–H and O–H groups in total. The average Bonchev–Trinajstić information content (AvgIpc) is 3.60. The van der Waals surface area contributed by atoms with Crippen molar-refractivity contribution in [3.05, 3.63) is 127 Å². The summed E-state index contributed by atoms with van der Waals surface area (Å²) in [4.78, 5) is 5.07. The molecule has 0 aliphatic rings. The molecule has 0 fully saturated rings. The maximum Gasteiger partial charge on any atom is 0.143 e. The van der Waals surface area contributed by atoms with E-state index >= 15 is 0 Å². The molecule has 178 valence electrons. The number of aromatic nitrogens is 1. The van der Waals surface area contributed by atoms with Gasteiger partial charge in [-0.1, -0.05) is 103 Å². The quantitative estimate of drug-likeness (QED) is 0.240. The van der Waals surface area contributed by atoms with Crippen LogP contribution in [0.2, 0.25) is 0 Å². The van der Waals surface area contributed by atoms with Crippen molar-refractivity contribution in [2.45, 2.75) is 0 Å². The summed E-state index contributed by atoms with van der Waals surface area (Å²) in [5, 5.41) is 5.74. The molecule has 0 radical (unpaired) electrons. The Balaban J connectivity index is 1.27. The van der Waals surface area contributed by atoms with E-state index in [1.165, 1.54) is 26.6 Å². The van der Waals surface area contributed by atoms with E-state index in [1.54, 1.807) is 11.3 Å². The van der Waals surface area contributed by atoms with Crippen molar-refractivity contribution in [2.24, 2.45) is 0 Å². The number of para-hydroxylation sites is 2. The predicted molar refractivity (Wildman–Crippen MR) is 161 cm³/mol. The zero-order chi connectivity index (χ0) is 25.1. The Labute approximate surface area is 223 Å². The highest BCUT2D eigenvalue weighted by atomic mass is 32.1. The van der Waals surface area contributed by atoms with E-state index in [4.69, 9.17) is 9.40 Å². The number of hydrogen-bond acceptors (Lipinski definition) is 3. The van der Waals surface area contributed by atoms with E-state index < -0.39 is 0 Å². The molecule has 0 unspecified atom stereocenters. The summed E-state index contributed by atoms with van der Waals surface area (Å²) in [6.07, 6.45) is 0. The molecule has 0 saturated carbocycles. The van der Waals surface area contributed by atoms with Crippen LogP contribution in [0.3, 0.4) is 0 Å². The van der Waals surface area contributed by atoms with Crippen LogP contribution in [0.4, 0.5) is 0 Å². The Bertz CT molecular complexity index is 2140. The molecule has 2 nitrogen and oxygen atoms in total. The molecule has 38 heavy (non-hydrogen) atoms. The molecule has 0 saturated heterocycles. The van der Waals surface area contributed by atoms with Crippen molar-refractivity contribution < 1.29 is 4.42 Å². The van der Waals surface area contributed by atoms with Crippen LogP contribution >= 0.6 is 11.3 Å². The van der Waals surface area contributed by atoms with Gasteiger partial charge in [0, 0.05) is 27.3 Å². The molecule has 0 atom stereocenters. The van der Waals surface area contributed by atoms with Crippen molar-refractivity contribution in [3.63, 3.8) is 0 Å². The van der Waals surface area contributed by atoms with Crippen molar-refractivity contribution in [3.8, 4) is 32.8 Å². The highest BCUT2D eigenvalue weighted by Crippen LogP contribution is 2.39. The van der Waals surface area contributed by atoms with E-state index in [1.807, 2.05) is 18.2 Å². The van der Waals surface area contributed by atoms with Gasteiger partial charge in [0.2, 0.25) is 0 Å². The second kappa shape index (κ2) is 8.41. The largest absolute Gasteiger partial charge is 0.455 e. The third kappa shape index (κ3) is 3.37. The number of thiazole rings is 1. The van der Waals surface area contributed by atoms with Crippen LogP contribution in [0.15, 0.2) is 132 Å². The van der Waals surface area contributed by atoms with Crippen molar-refractivity contribution >= 4 is 54.3 Å². The summed E-state index contributed by atoms with van der Waals surface area (Å²) in [5.74, 6) is 0. The van der Waals surface area contributed by atoms with Crippen LogP contribution < -0.4 is 0 Å². The first-order valence-electron chi connectivity index (χ1n) is 12.7. The van der Waals surface area contributed by atoms with Gasteiger partial charge in [-0.2, -0.15) is 0 Å². The maximum atomic E-state index is 6.32. The predicted octanol–water partition coefficient (Wildman–Crippen LogP) is 10.3. The summed E-state index contributed by atoms with van der Waals surface area (Å²) in [6, 6.07) is 44.9. The highest BCUT2D eigenvalue weighted by Gasteiger charge is 2.14. The monoisotopic (exact) mass is 503 g/mol. The van der Waals surface area contributed by atoms with Crippen molar-refractivity contribution in [2.75, 3.05) is 0 Å². The molecule has 8 rings (SSSR count). The molecule has 3 heteroatoms. The third-order valence-electron chi connectivity index (χ3n) is 7.31. The molecule has 0 aliphatic carbocycles. The lowest BCUT2D eigenvalue weighted by Gasteiger charge is -2.08. The lowest BCUT2D eigenvalue weighted by Crippen LogP contribution is -1.84. The minimum absolute atomic E-state index is 0.919. The normalized spacial score (nSPS) is 11.7. The zero-order valence-electron chi connectivity index (χ0n) is 20.4. The van der Waals surface area contributed by atoms with Gasteiger partial charge in [0.05, 0.1) is 10.2 Å². The van der Waals surface area contributed by atoms with E-state index in [2.05, 4.69) is 109 Å². The summed E-state index contributed by atoms with van der Waals surface area (Å²) in [7, 11) is 0. The topological polar surface area (TPSA) is 26.0 Å². The van der Waals surface area contributed by atoms with E-state index in [9.17, 15) is 0 Å². The fourth-order valence-corrected chi connectivity index (χ4v) is 6.42. The minimum Gasteiger partial charge on any atom is -0.455 e. The smallest absolute Gasteiger partial charge is 0.143 e. The first kappa shape index (κ1) is 21.4. The number of benzene rings is 6. The van der Waals surface area contributed by atoms with Gasteiger partial charge in [-0.3, -0.25) is 0 Å². The molecular formula is C35H21NOS. The van der Waals surface area contributed by atoms with Gasteiger partial charge in [-0.15, -0.1) is 11.3 Å². The summed E-state index contributed by atoms with van der Waals surface area (Å²) in [6.45, 7) is 0. The molecule has 6 aromatic carbocycles. The molecule has 0 spiro atoms. The molecule has 8 aromatic rings. The van der Waals surface area contributed by atoms with Crippen LogP contribution in [0.1, 0.15) is 0 Å². The van der Waals surface area contributed by atoms with Gasteiger partial charge in [-0.25, -0.2) is 4.98 Å². The Morgan fingerprint density at radius 3 is 2.21 bits per heavy atom. The number of rotatable bonds is 3. The number of fused-ring (bicyclic) bond motifs is 6. The summed E-state index contributed by atoms with van der Waals surface area (Å²) >= 11 is 1.75. The molecule has 0 amide bonds. The summed E-state index contributed by atoms with van der Waals surface area (Å²) in [5.41, 5.74) is 8.68. The van der Waals surface area contributed by atoms with Crippen LogP contribution in [0.25, 0.3) is 75.8 Å². The molecule has 0 bridgehead atoms.